The summed E-state index contributed by atoms with van der Waals surface area (Å²) < 4.78 is 10.5. The van der Waals surface area contributed by atoms with Gasteiger partial charge in [-0.2, -0.15) is 9.94 Å². The number of rotatable bonds is 4. The molecule has 1 aromatic heterocycles. The lowest BCUT2D eigenvalue weighted by Gasteiger charge is -2.04. The van der Waals surface area contributed by atoms with Gasteiger partial charge in [0, 0.05) is 5.56 Å². The number of benzene rings is 1. The summed E-state index contributed by atoms with van der Waals surface area (Å²) in [7, 11) is 0. The Morgan fingerprint density at radius 2 is 2.20 bits per heavy atom. The number of ether oxygens (including phenoxy) is 1. The maximum atomic E-state index is 11.6. The number of hydrogen-bond acceptors (Lipinski definition) is 6. The summed E-state index contributed by atoms with van der Waals surface area (Å²) in [6.45, 7) is 1.03. The topological polar surface area (TPSA) is 98.1 Å². The summed E-state index contributed by atoms with van der Waals surface area (Å²) in [6, 6.07) is 10.6. The molecule has 1 atom stereocenters. The molecule has 0 unspecified atom stereocenters. The Morgan fingerprint density at radius 1 is 1.50 bits per heavy atom. The summed E-state index contributed by atoms with van der Waals surface area (Å²) in [5, 5.41) is 12.4. The average molecular weight is 273 g/mol. The number of hydrogen-bond donors (Lipinski definition) is 0. The van der Waals surface area contributed by atoms with Gasteiger partial charge in [0.15, 0.2) is 6.10 Å². The van der Waals surface area contributed by atoms with Gasteiger partial charge in [0.05, 0.1) is 0 Å². The van der Waals surface area contributed by atoms with Crippen LogP contribution in [0.1, 0.15) is 6.92 Å². The van der Waals surface area contributed by atoms with E-state index in [4.69, 9.17) is 14.4 Å². The van der Waals surface area contributed by atoms with E-state index in [9.17, 15) is 9.59 Å². The predicted molar refractivity (Wildman–Crippen MR) is 67.4 cm³/mol. The molecular weight excluding hydrogens is 262 g/mol. The minimum atomic E-state index is -0.876. The zero-order valence-corrected chi connectivity index (χ0v) is 10.6. The van der Waals surface area contributed by atoms with E-state index in [1.807, 2.05) is 6.07 Å². The van der Waals surface area contributed by atoms with Crippen LogP contribution in [-0.2, 0) is 16.1 Å². The molecule has 0 fully saturated rings. The Bertz CT molecular complexity index is 696. The Kier molecular flexibility index (Phi) is 3.96. The van der Waals surface area contributed by atoms with Gasteiger partial charge in [-0.15, -0.1) is 5.10 Å². The van der Waals surface area contributed by atoms with E-state index < -0.39 is 24.4 Å². The Labute approximate surface area is 114 Å². The quantitative estimate of drug-likeness (QED) is 0.769. The van der Waals surface area contributed by atoms with E-state index in [0.717, 1.165) is 4.68 Å². The molecule has 7 heteroatoms. The number of esters is 1. The van der Waals surface area contributed by atoms with Crippen molar-refractivity contribution in [3.8, 4) is 17.5 Å². The smallest absolute Gasteiger partial charge is 0.437 e. The number of carbonyl (C=O) groups is 1. The highest BCUT2D eigenvalue weighted by molar-refractivity contribution is 5.69. The van der Waals surface area contributed by atoms with Gasteiger partial charge >= 0.3 is 11.7 Å². The maximum absolute atomic E-state index is 11.6. The molecule has 102 valence electrons. The molecule has 0 aliphatic rings. The van der Waals surface area contributed by atoms with Crippen molar-refractivity contribution in [1.29, 1.82) is 5.26 Å². The molecule has 0 spiro atoms. The van der Waals surface area contributed by atoms with E-state index in [0.29, 0.717) is 5.56 Å². The highest BCUT2D eigenvalue weighted by Crippen LogP contribution is 2.13. The molecular formula is C13H11N3O4. The molecule has 7 nitrogen and oxygen atoms in total. The SMILES string of the molecule is C[C@@H](C#N)OC(=O)Cn1nc(-c2ccccc2)oc1=O. The molecule has 0 N–H and O–H groups in total. The van der Waals surface area contributed by atoms with Gasteiger partial charge in [-0.3, -0.25) is 0 Å². The van der Waals surface area contributed by atoms with Gasteiger partial charge in [-0.25, -0.2) is 9.59 Å². The molecule has 1 aromatic carbocycles. The van der Waals surface area contributed by atoms with E-state index in [1.165, 1.54) is 6.92 Å². The van der Waals surface area contributed by atoms with E-state index in [1.54, 1.807) is 30.3 Å². The third kappa shape index (κ3) is 3.11. The van der Waals surface area contributed by atoms with Crippen LogP contribution in [0.3, 0.4) is 0 Å². The van der Waals surface area contributed by atoms with Crippen LogP contribution in [0.15, 0.2) is 39.5 Å². The summed E-state index contributed by atoms with van der Waals surface area (Å²) >= 11 is 0. The Hall–Kier alpha value is -2.88. The molecule has 1 heterocycles. The highest BCUT2D eigenvalue weighted by Gasteiger charge is 2.15. The van der Waals surface area contributed by atoms with E-state index >= 15 is 0 Å². The third-order valence-corrected chi connectivity index (χ3v) is 2.40. The second-order valence-electron chi connectivity index (χ2n) is 3.96. The van der Waals surface area contributed by atoms with Crippen LogP contribution >= 0.6 is 0 Å². The summed E-state index contributed by atoms with van der Waals surface area (Å²) in [5.41, 5.74) is 0.627. The van der Waals surface area contributed by atoms with Crippen molar-refractivity contribution in [2.24, 2.45) is 0 Å². The molecule has 0 aliphatic heterocycles. The fourth-order valence-electron chi connectivity index (χ4n) is 1.49. The number of nitrogens with zero attached hydrogens (tertiary/aromatic N) is 3. The molecule has 0 saturated carbocycles. The first-order valence-electron chi connectivity index (χ1n) is 5.82. The Morgan fingerprint density at radius 3 is 2.85 bits per heavy atom. The summed E-state index contributed by atoms with van der Waals surface area (Å²) in [6.07, 6.45) is -0.876. The van der Waals surface area contributed by atoms with E-state index in [2.05, 4.69) is 5.10 Å². The maximum Gasteiger partial charge on any atom is 0.437 e. The normalized spacial score (nSPS) is 11.6. The van der Waals surface area contributed by atoms with Crippen LogP contribution in [0, 0.1) is 11.3 Å². The van der Waals surface area contributed by atoms with Crippen LogP contribution < -0.4 is 5.76 Å². The third-order valence-electron chi connectivity index (χ3n) is 2.40. The highest BCUT2D eigenvalue weighted by atomic mass is 16.5. The summed E-state index contributed by atoms with van der Waals surface area (Å²) in [4.78, 5) is 23.0. The van der Waals surface area contributed by atoms with Crippen molar-refractivity contribution in [3.63, 3.8) is 0 Å². The lowest BCUT2D eigenvalue weighted by molar-refractivity contribution is -0.146. The van der Waals surface area contributed by atoms with Gasteiger partial charge in [-0.1, -0.05) is 18.2 Å². The van der Waals surface area contributed by atoms with Gasteiger partial charge in [0.25, 0.3) is 0 Å². The first-order chi connectivity index (χ1) is 9.60. The molecule has 2 aromatic rings. The van der Waals surface area contributed by atoms with Crippen molar-refractivity contribution in [3.05, 3.63) is 40.9 Å². The van der Waals surface area contributed by atoms with Crippen molar-refractivity contribution in [2.45, 2.75) is 19.6 Å². The van der Waals surface area contributed by atoms with Gasteiger partial charge in [-0.05, 0) is 19.1 Å². The molecule has 20 heavy (non-hydrogen) atoms. The van der Waals surface area contributed by atoms with Gasteiger partial charge in [0.2, 0.25) is 5.89 Å². The monoisotopic (exact) mass is 273 g/mol. The van der Waals surface area contributed by atoms with Crippen LogP contribution in [0.2, 0.25) is 0 Å². The molecule has 0 bridgehead atoms. The van der Waals surface area contributed by atoms with Crippen LogP contribution in [0.4, 0.5) is 0 Å². The number of aromatic nitrogens is 2. The van der Waals surface area contributed by atoms with Crippen LogP contribution in [0.5, 0.6) is 0 Å². The first kappa shape index (κ1) is 13.5. The van der Waals surface area contributed by atoms with Crippen molar-refractivity contribution >= 4 is 5.97 Å². The fourth-order valence-corrected chi connectivity index (χ4v) is 1.49. The zero-order chi connectivity index (χ0) is 14.5. The van der Waals surface area contributed by atoms with Crippen molar-refractivity contribution in [1.82, 2.24) is 9.78 Å². The number of nitriles is 1. The zero-order valence-electron chi connectivity index (χ0n) is 10.6. The molecule has 0 amide bonds. The minimum absolute atomic E-state index is 0.122. The molecule has 2 rings (SSSR count). The lowest BCUT2D eigenvalue weighted by atomic mass is 10.2. The predicted octanol–water partition coefficient (Wildman–Crippen LogP) is 0.959. The largest absolute Gasteiger partial charge is 0.446 e. The first-order valence-corrected chi connectivity index (χ1v) is 5.82. The van der Waals surface area contributed by atoms with Gasteiger partial charge in [0.1, 0.15) is 12.6 Å². The number of carbonyl (C=O) groups excluding carboxylic acids is 1. The molecule has 0 aliphatic carbocycles. The van der Waals surface area contributed by atoms with Crippen LogP contribution in [0.25, 0.3) is 11.5 Å². The second kappa shape index (κ2) is 5.84. The summed E-state index contributed by atoms with van der Waals surface area (Å²) in [5.74, 6) is -1.36. The fraction of sp³-hybridized carbons (Fsp3) is 0.231. The van der Waals surface area contributed by atoms with Crippen LogP contribution in [-0.4, -0.2) is 21.9 Å². The standard InChI is InChI=1S/C13H11N3O4/c1-9(7-14)19-11(17)8-16-13(18)20-12(15-16)10-5-3-2-4-6-10/h2-6,9H,8H2,1H3/t9-/m0/s1. The minimum Gasteiger partial charge on any atom is -0.446 e. The lowest BCUT2D eigenvalue weighted by Crippen LogP contribution is -2.25. The van der Waals surface area contributed by atoms with Crippen molar-refractivity contribution in [2.75, 3.05) is 0 Å². The average Bonchev–Trinajstić information content (AvgIpc) is 2.81. The van der Waals surface area contributed by atoms with Crippen molar-refractivity contribution < 1.29 is 13.9 Å². The molecule has 0 radical (unpaired) electrons. The van der Waals surface area contributed by atoms with E-state index in [-0.39, 0.29) is 5.89 Å². The van der Waals surface area contributed by atoms with Gasteiger partial charge < -0.3 is 9.15 Å². The Balaban J connectivity index is 2.15. The second-order valence-corrected chi connectivity index (χ2v) is 3.96. The molecule has 0 saturated heterocycles.